The Morgan fingerprint density at radius 2 is 1.95 bits per heavy atom. The molecule has 5 nitrogen and oxygen atoms in total. The Bertz CT molecular complexity index is 454. The lowest BCUT2D eigenvalue weighted by atomic mass is 10.0. The molecule has 1 saturated carbocycles. The molecule has 1 saturated heterocycles. The molecule has 2 fully saturated rings. The SMILES string of the molecule is Cc1c(N)nc(C2CC2)nc1OCC1CCOCC1. The Kier molecular flexibility index (Phi) is 3.55. The highest BCUT2D eigenvalue weighted by atomic mass is 16.5. The van der Waals surface area contributed by atoms with E-state index in [0.717, 1.165) is 37.4 Å². The summed E-state index contributed by atoms with van der Waals surface area (Å²) in [7, 11) is 0. The van der Waals surface area contributed by atoms with Gasteiger partial charge in [-0.1, -0.05) is 0 Å². The van der Waals surface area contributed by atoms with Crippen LogP contribution in [0.15, 0.2) is 0 Å². The fourth-order valence-electron chi connectivity index (χ4n) is 2.30. The Balaban J connectivity index is 1.68. The summed E-state index contributed by atoms with van der Waals surface area (Å²) in [5.41, 5.74) is 6.80. The maximum atomic E-state index is 5.94. The molecule has 0 bridgehead atoms. The van der Waals surface area contributed by atoms with Crippen molar-refractivity contribution < 1.29 is 9.47 Å². The van der Waals surface area contributed by atoms with E-state index < -0.39 is 0 Å². The first-order valence-electron chi connectivity index (χ1n) is 7.08. The average molecular weight is 263 g/mol. The monoisotopic (exact) mass is 263 g/mol. The molecular weight excluding hydrogens is 242 g/mol. The predicted molar refractivity (Wildman–Crippen MR) is 72.2 cm³/mol. The van der Waals surface area contributed by atoms with Gasteiger partial charge in [0.2, 0.25) is 5.88 Å². The van der Waals surface area contributed by atoms with Gasteiger partial charge in [-0.2, -0.15) is 4.98 Å². The quantitative estimate of drug-likeness (QED) is 0.900. The molecule has 1 aliphatic carbocycles. The summed E-state index contributed by atoms with van der Waals surface area (Å²) in [6.07, 6.45) is 4.47. The summed E-state index contributed by atoms with van der Waals surface area (Å²) in [4.78, 5) is 8.89. The molecule has 5 heteroatoms. The van der Waals surface area contributed by atoms with Crippen LogP contribution in [0.25, 0.3) is 0 Å². The van der Waals surface area contributed by atoms with E-state index in [1.807, 2.05) is 6.92 Å². The highest BCUT2D eigenvalue weighted by molar-refractivity contribution is 5.45. The second-order valence-corrected chi connectivity index (χ2v) is 5.54. The normalized spacial score (nSPS) is 20.5. The molecule has 3 rings (SSSR count). The second-order valence-electron chi connectivity index (χ2n) is 5.54. The van der Waals surface area contributed by atoms with E-state index in [2.05, 4.69) is 9.97 Å². The van der Waals surface area contributed by atoms with Crippen molar-refractivity contribution in [2.24, 2.45) is 5.92 Å². The van der Waals surface area contributed by atoms with Crippen LogP contribution in [0.2, 0.25) is 0 Å². The molecule has 0 spiro atoms. The molecule has 0 unspecified atom stereocenters. The van der Waals surface area contributed by atoms with Gasteiger partial charge in [-0.3, -0.25) is 0 Å². The number of ether oxygens (including phenoxy) is 2. The number of hydrogen-bond donors (Lipinski definition) is 1. The minimum absolute atomic E-state index is 0.494. The van der Waals surface area contributed by atoms with Crippen LogP contribution in [0.5, 0.6) is 5.88 Å². The molecule has 0 radical (unpaired) electrons. The van der Waals surface area contributed by atoms with Crippen molar-refractivity contribution in [1.82, 2.24) is 9.97 Å². The van der Waals surface area contributed by atoms with Crippen LogP contribution < -0.4 is 10.5 Å². The third-order valence-electron chi connectivity index (χ3n) is 3.90. The van der Waals surface area contributed by atoms with Gasteiger partial charge in [0.15, 0.2) is 0 Å². The highest BCUT2D eigenvalue weighted by Gasteiger charge is 2.28. The Labute approximate surface area is 113 Å². The van der Waals surface area contributed by atoms with Crippen LogP contribution in [-0.4, -0.2) is 29.8 Å². The maximum Gasteiger partial charge on any atom is 0.221 e. The molecule has 2 N–H and O–H groups in total. The molecule has 1 aromatic rings. The Morgan fingerprint density at radius 1 is 1.21 bits per heavy atom. The minimum Gasteiger partial charge on any atom is -0.477 e. The third-order valence-corrected chi connectivity index (χ3v) is 3.90. The molecule has 1 aromatic heterocycles. The first-order chi connectivity index (χ1) is 9.24. The van der Waals surface area contributed by atoms with Crippen LogP contribution in [0.1, 0.15) is 43.0 Å². The topological polar surface area (TPSA) is 70.3 Å². The van der Waals surface area contributed by atoms with Crippen LogP contribution in [0, 0.1) is 12.8 Å². The van der Waals surface area contributed by atoms with Crippen LogP contribution in [0.3, 0.4) is 0 Å². The van der Waals surface area contributed by atoms with Gasteiger partial charge in [-0.05, 0) is 38.5 Å². The van der Waals surface area contributed by atoms with Crippen molar-refractivity contribution in [1.29, 1.82) is 0 Å². The first-order valence-corrected chi connectivity index (χ1v) is 7.08. The zero-order chi connectivity index (χ0) is 13.2. The summed E-state index contributed by atoms with van der Waals surface area (Å²) in [6, 6.07) is 0. The van der Waals surface area contributed by atoms with Crippen molar-refractivity contribution in [3.8, 4) is 5.88 Å². The van der Waals surface area contributed by atoms with E-state index in [4.69, 9.17) is 15.2 Å². The molecule has 2 aliphatic rings. The smallest absolute Gasteiger partial charge is 0.221 e. The number of hydrogen-bond acceptors (Lipinski definition) is 5. The van der Waals surface area contributed by atoms with E-state index in [1.165, 1.54) is 12.8 Å². The van der Waals surface area contributed by atoms with Crippen molar-refractivity contribution in [2.45, 2.75) is 38.5 Å². The van der Waals surface area contributed by atoms with Gasteiger partial charge in [0.05, 0.1) is 12.2 Å². The standard InChI is InChI=1S/C14H21N3O2/c1-9-12(15)16-13(11-2-3-11)17-14(9)19-8-10-4-6-18-7-5-10/h10-11H,2-8H2,1H3,(H2,15,16,17). The van der Waals surface area contributed by atoms with E-state index in [9.17, 15) is 0 Å². The van der Waals surface area contributed by atoms with Crippen molar-refractivity contribution in [2.75, 3.05) is 25.6 Å². The molecule has 19 heavy (non-hydrogen) atoms. The lowest BCUT2D eigenvalue weighted by molar-refractivity contribution is 0.0489. The predicted octanol–water partition coefficient (Wildman–Crippen LogP) is 2.05. The molecule has 104 valence electrons. The molecule has 2 heterocycles. The van der Waals surface area contributed by atoms with Crippen LogP contribution in [-0.2, 0) is 4.74 Å². The van der Waals surface area contributed by atoms with E-state index in [1.54, 1.807) is 0 Å². The fraction of sp³-hybridized carbons (Fsp3) is 0.714. The molecular formula is C14H21N3O2. The van der Waals surface area contributed by atoms with Gasteiger partial charge < -0.3 is 15.2 Å². The van der Waals surface area contributed by atoms with Crippen LogP contribution >= 0.6 is 0 Å². The van der Waals surface area contributed by atoms with Gasteiger partial charge in [0, 0.05) is 19.1 Å². The number of nitrogens with zero attached hydrogens (tertiary/aromatic N) is 2. The summed E-state index contributed by atoms with van der Waals surface area (Å²) < 4.78 is 11.2. The summed E-state index contributed by atoms with van der Waals surface area (Å²) in [6.45, 7) is 4.30. The molecule has 0 aromatic carbocycles. The largest absolute Gasteiger partial charge is 0.477 e. The van der Waals surface area contributed by atoms with Gasteiger partial charge in [0.25, 0.3) is 0 Å². The summed E-state index contributed by atoms with van der Waals surface area (Å²) in [5, 5.41) is 0. The molecule has 1 aliphatic heterocycles. The number of anilines is 1. The first kappa shape index (κ1) is 12.7. The van der Waals surface area contributed by atoms with Gasteiger partial charge in [-0.25, -0.2) is 4.98 Å². The van der Waals surface area contributed by atoms with E-state index >= 15 is 0 Å². The zero-order valence-corrected chi connectivity index (χ0v) is 11.4. The van der Waals surface area contributed by atoms with Gasteiger partial charge in [0.1, 0.15) is 11.6 Å². The second kappa shape index (κ2) is 5.33. The van der Waals surface area contributed by atoms with E-state index in [-0.39, 0.29) is 0 Å². The van der Waals surface area contributed by atoms with Crippen molar-refractivity contribution in [3.05, 3.63) is 11.4 Å². The number of rotatable bonds is 4. The van der Waals surface area contributed by atoms with Crippen LogP contribution in [0.4, 0.5) is 5.82 Å². The summed E-state index contributed by atoms with van der Waals surface area (Å²) >= 11 is 0. The fourth-order valence-corrected chi connectivity index (χ4v) is 2.30. The lowest BCUT2D eigenvalue weighted by Gasteiger charge is -2.22. The zero-order valence-electron chi connectivity index (χ0n) is 11.4. The Hall–Kier alpha value is -1.36. The lowest BCUT2D eigenvalue weighted by Crippen LogP contribution is -2.22. The van der Waals surface area contributed by atoms with Gasteiger partial charge in [-0.15, -0.1) is 0 Å². The summed E-state index contributed by atoms with van der Waals surface area (Å²) in [5.74, 6) is 3.13. The number of nitrogen functional groups attached to an aromatic ring is 1. The molecule has 0 amide bonds. The number of nitrogens with two attached hydrogens (primary N) is 1. The minimum atomic E-state index is 0.494. The number of aromatic nitrogens is 2. The molecule has 0 atom stereocenters. The maximum absolute atomic E-state index is 5.94. The van der Waals surface area contributed by atoms with Gasteiger partial charge >= 0.3 is 0 Å². The van der Waals surface area contributed by atoms with Crippen molar-refractivity contribution in [3.63, 3.8) is 0 Å². The van der Waals surface area contributed by atoms with E-state index in [0.29, 0.717) is 30.1 Å². The van der Waals surface area contributed by atoms with Crippen molar-refractivity contribution >= 4 is 5.82 Å². The highest BCUT2D eigenvalue weighted by Crippen LogP contribution is 2.39. The average Bonchev–Trinajstić information content (AvgIpc) is 3.26. The third kappa shape index (κ3) is 2.97. The Morgan fingerprint density at radius 3 is 2.63 bits per heavy atom.